The van der Waals surface area contributed by atoms with Crippen molar-refractivity contribution in [2.45, 2.75) is 26.2 Å². The molecule has 0 heterocycles. The molecule has 0 bridgehead atoms. The Bertz CT molecular complexity index is 247. The zero-order valence-corrected chi connectivity index (χ0v) is 7.79. The summed E-state index contributed by atoms with van der Waals surface area (Å²) in [6, 6.07) is 0. The number of carbonyl (C=O) groups is 2. The number of carbonyl (C=O) groups excluding carboxylic acids is 2. The first kappa shape index (κ1) is 8.73. The minimum atomic E-state index is -0.159. The first-order chi connectivity index (χ1) is 6.25. The van der Waals surface area contributed by atoms with Gasteiger partial charge in [0.15, 0.2) is 0 Å². The average Bonchev–Trinajstić information content (AvgIpc) is 2.80. The molecule has 3 nitrogen and oxygen atoms in total. The molecule has 0 unspecified atom stereocenters. The lowest BCUT2D eigenvalue weighted by Gasteiger charge is -2.04. The number of Topliss-reactive ketones (excluding diaryl/α,β-unsaturated/α-hetero) is 1. The molecule has 72 valence electrons. The van der Waals surface area contributed by atoms with Crippen molar-refractivity contribution in [2.24, 2.45) is 17.8 Å². The highest BCUT2D eigenvalue weighted by atomic mass is 16.5. The molecule has 0 aromatic rings. The highest BCUT2D eigenvalue weighted by Gasteiger charge is 2.60. The molecule has 0 N–H and O–H groups in total. The van der Waals surface area contributed by atoms with E-state index in [0.717, 1.165) is 12.8 Å². The van der Waals surface area contributed by atoms with Gasteiger partial charge in [0.25, 0.3) is 0 Å². The van der Waals surface area contributed by atoms with Gasteiger partial charge in [0.05, 0.1) is 12.5 Å². The monoisotopic (exact) mass is 182 g/mol. The molecule has 0 saturated heterocycles. The Morgan fingerprint density at radius 2 is 2.38 bits per heavy atom. The van der Waals surface area contributed by atoms with Gasteiger partial charge in [0, 0.05) is 12.3 Å². The van der Waals surface area contributed by atoms with Crippen molar-refractivity contribution in [3.63, 3.8) is 0 Å². The van der Waals surface area contributed by atoms with Crippen LogP contribution >= 0.6 is 0 Å². The highest BCUT2D eigenvalue weighted by molar-refractivity contribution is 5.93. The summed E-state index contributed by atoms with van der Waals surface area (Å²) >= 11 is 0. The molecule has 2 fully saturated rings. The molecular formula is C10H14O3. The van der Waals surface area contributed by atoms with E-state index in [1.807, 2.05) is 0 Å². The van der Waals surface area contributed by atoms with Crippen molar-refractivity contribution in [3.05, 3.63) is 0 Å². The van der Waals surface area contributed by atoms with Gasteiger partial charge in [-0.2, -0.15) is 0 Å². The van der Waals surface area contributed by atoms with Crippen molar-refractivity contribution >= 4 is 11.8 Å². The van der Waals surface area contributed by atoms with Gasteiger partial charge in [0.1, 0.15) is 5.78 Å². The van der Waals surface area contributed by atoms with Crippen molar-refractivity contribution < 1.29 is 14.3 Å². The Hall–Kier alpha value is -0.860. The van der Waals surface area contributed by atoms with E-state index in [2.05, 4.69) is 0 Å². The van der Waals surface area contributed by atoms with E-state index in [-0.39, 0.29) is 23.6 Å². The van der Waals surface area contributed by atoms with Crippen LogP contribution in [0.2, 0.25) is 0 Å². The summed E-state index contributed by atoms with van der Waals surface area (Å²) in [6.07, 6.45) is 2.65. The van der Waals surface area contributed by atoms with E-state index < -0.39 is 0 Å². The Kier molecular flexibility index (Phi) is 2.10. The van der Waals surface area contributed by atoms with Crippen LogP contribution in [0.25, 0.3) is 0 Å². The largest absolute Gasteiger partial charge is 0.466 e. The Morgan fingerprint density at radius 3 is 3.00 bits per heavy atom. The van der Waals surface area contributed by atoms with Gasteiger partial charge in [-0.3, -0.25) is 9.59 Å². The Balaban J connectivity index is 1.97. The number of rotatable bonds is 2. The van der Waals surface area contributed by atoms with E-state index in [4.69, 9.17) is 4.74 Å². The van der Waals surface area contributed by atoms with Crippen molar-refractivity contribution in [3.8, 4) is 0 Å². The summed E-state index contributed by atoms with van der Waals surface area (Å²) in [5.41, 5.74) is 0. The second-order valence-electron chi connectivity index (χ2n) is 3.83. The van der Waals surface area contributed by atoms with Gasteiger partial charge in [-0.25, -0.2) is 0 Å². The van der Waals surface area contributed by atoms with Crippen LogP contribution in [0.15, 0.2) is 0 Å². The molecule has 0 aromatic heterocycles. The van der Waals surface area contributed by atoms with Crippen LogP contribution in [0, 0.1) is 17.8 Å². The first-order valence-corrected chi connectivity index (χ1v) is 4.95. The smallest absolute Gasteiger partial charge is 0.309 e. The summed E-state index contributed by atoms with van der Waals surface area (Å²) < 4.78 is 4.91. The Morgan fingerprint density at radius 1 is 1.62 bits per heavy atom. The fourth-order valence-corrected chi connectivity index (χ4v) is 2.41. The molecule has 13 heavy (non-hydrogen) atoms. The lowest BCUT2D eigenvalue weighted by Crippen LogP contribution is -2.11. The van der Waals surface area contributed by atoms with Crippen molar-refractivity contribution in [2.75, 3.05) is 6.61 Å². The molecule has 2 saturated carbocycles. The van der Waals surface area contributed by atoms with Gasteiger partial charge in [-0.1, -0.05) is 0 Å². The van der Waals surface area contributed by atoms with Crippen molar-refractivity contribution in [1.29, 1.82) is 0 Å². The van der Waals surface area contributed by atoms with Gasteiger partial charge >= 0.3 is 5.97 Å². The quantitative estimate of drug-likeness (QED) is 0.602. The third-order valence-corrected chi connectivity index (χ3v) is 3.06. The van der Waals surface area contributed by atoms with Crippen LogP contribution in [0.5, 0.6) is 0 Å². The summed E-state index contributed by atoms with van der Waals surface area (Å²) in [4.78, 5) is 22.7. The summed E-state index contributed by atoms with van der Waals surface area (Å²) in [7, 11) is 0. The molecule has 0 amide bonds. The molecule has 2 aliphatic rings. The lowest BCUT2D eigenvalue weighted by molar-refractivity contribution is -0.146. The molecular weight excluding hydrogens is 168 g/mol. The molecule has 0 spiro atoms. The van der Waals surface area contributed by atoms with Crippen LogP contribution < -0.4 is 0 Å². The fraction of sp³-hybridized carbons (Fsp3) is 0.800. The summed E-state index contributed by atoms with van der Waals surface area (Å²) in [5.74, 6) is 0.366. The minimum absolute atomic E-state index is 0.0211. The third-order valence-electron chi connectivity index (χ3n) is 3.06. The van der Waals surface area contributed by atoms with Gasteiger partial charge in [0.2, 0.25) is 0 Å². The molecule has 3 atom stereocenters. The molecule has 2 aliphatic carbocycles. The number of hydrogen-bond acceptors (Lipinski definition) is 3. The maximum Gasteiger partial charge on any atom is 0.309 e. The SMILES string of the molecule is CCOC(=O)[C@H]1[C@H]2CCCC(=O)[C@@H]21. The van der Waals surface area contributed by atoms with E-state index in [1.165, 1.54) is 0 Å². The first-order valence-electron chi connectivity index (χ1n) is 4.95. The normalized spacial score (nSPS) is 36.7. The van der Waals surface area contributed by atoms with E-state index >= 15 is 0 Å². The standard InChI is InChI=1S/C10H14O3/c1-2-13-10(12)9-6-4-3-5-7(11)8(6)9/h6,8-9H,2-5H2,1H3/t6-,8+,9-/m0/s1. The predicted molar refractivity (Wildman–Crippen MR) is 46.0 cm³/mol. The maximum absolute atomic E-state index is 11.3. The number of esters is 1. The maximum atomic E-state index is 11.3. The van der Waals surface area contributed by atoms with Crippen LogP contribution in [0.3, 0.4) is 0 Å². The van der Waals surface area contributed by atoms with E-state index in [9.17, 15) is 9.59 Å². The summed E-state index contributed by atoms with van der Waals surface area (Å²) in [6.45, 7) is 2.22. The molecule has 0 radical (unpaired) electrons. The van der Waals surface area contributed by atoms with Crippen LogP contribution in [-0.2, 0) is 14.3 Å². The molecule has 3 heteroatoms. The zero-order chi connectivity index (χ0) is 9.42. The fourth-order valence-electron chi connectivity index (χ4n) is 2.41. The molecule has 2 rings (SSSR count). The van der Waals surface area contributed by atoms with E-state index in [0.29, 0.717) is 18.9 Å². The second kappa shape index (κ2) is 3.13. The van der Waals surface area contributed by atoms with Gasteiger partial charge in [-0.05, 0) is 25.7 Å². The highest BCUT2D eigenvalue weighted by Crippen LogP contribution is 2.54. The minimum Gasteiger partial charge on any atom is -0.466 e. The lowest BCUT2D eigenvalue weighted by atomic mass is 10.00. The molecule has 0 aromatic carbocycles. The zero-order valence-electron chi connectivity index (χ0n) is 7.79. The number of fused-ring (bicyclic) bond motifs is 1. The van der Waals surface area contributed by atoms with Gasteiger partial charge in [-0.15, -0.1) is 0 Å². The average molecular weight is 182 g/mol. The second-order valence-corrected chi connectivity index (χ2v) is 3.83. The number of ether oxygens (including phenoxy) is 1. The van der Waals surface area contributed by atoms with Crippen LogP contribution in [-0.4, -0.2) is 18.4 Å². The summed E-state index contributed by atoms with van der Waals surface area (Å²) in [5, 5.41) is 0. The molecule has 0 aliphatic heterocycles. The van der Waals surface area contributed by atoms with Crippen LogP contribution in [0.1, 0.15) is 26.2 Å². The van der Waals surface area contributed by atoms with Crippen LogP contribution in [0.4, 0.5) is 0 Å². The predicted octanol–water partition coefficient (Wildman–Crippen LogP) is 1.16. The number of ketones is 1. The third kappa shape index (κ3) is 1.36. The van der Waals surface area contributed by atoms with Gasteiger partial charge < -0.3 is 4.74 Å². The topological polar surface area (TPSA) is 43.4 Å². The Labute approximate surface area is 77.4 Å². The van der Waals surface area contributed by atoms with Crippen molar-refractivity contribution in [1.82, 2.24) is 0 Å². The number of hydrogen-bond donors (Lipinski definition) is 0. The van der Waals surface area contributed by atoms with E-state index in [1.54, 1.807) is 6.92 Å².